The highest BCUT2D eigenvalue weighted by Crippen LogP contribution is 2.21. The third-order valence-electron chi connectivity index (χ3n) is 5.67. The highest BCUT2D eigenvalue weighted by Gasteiger charge is 2.27. The molecule has 1 aliphatic heterocycles. The first-order valence-corrected chi connectivity index (χ1v) is 12.5. The minimum absolute atomic E-state index is 0.0860. The van der Waals surface area contributed by atoms with Gasteiger partial charge in [0.05, 0.1) is 24.3 Å². The molecule has 0 spiro atoms. The molecule has 2 heterocycles. The van der Waals surface area contributed by atoms with Gasteiger partial charge in [-0.1, -0.05) is 6.07 Å². The molecule has 0 amide bonds. The summed E-state index contributed by atoms with van der Waals surface area (Å²) in [5.41, 5.74) is 2.00. The Balaban J connectivity index is 1.18. The van der Waals surface area contributed by atoms with Crippen LogP contribution in [-0.4, -0.2) is 57.7 Å². The van der Waals surface area contributed by atoms with E-state index in [0.717, 1.165) is 42.9 Å². The van der Waals surface area contributed by atoms with Crippen LogP contribution in [0, 0.1) is 0 Å². The summed E-state index contributed by atoms with van der Waals surface area (Å²) in [7, 11) is -1.98. The molecule has 33 heavy (non-hydrogen) atoms. The maximum absolute atomic E-state index is 12.6. The van der Waals surface area contributed by atoms with E-state index in [1.165, 1.54) is 0 Å². The van der Waals surface area contributed by atoms with E-state index in [1.54, 1.807) is 37.6 Å². The van der Waals surface area contributed by atoms with Gasteiger partial charge in [0.1, 0.15) is 11.5 Å². The molecular formula is C25H29N3O4S. The van der Waals surface area contributed by atoms with Gasteiger partial charge in [0.2, 0.25) is 10.0 Å². The summed E-state index contributed by atoms with van der Waals surface area (Å²) in [5, 5.41) is 0. The van der Waals surface area contributed by atoms with Crippen LogP contribution < -0.4 is 14.2 Å². The van der Waals surface area contributed by atoms with Crippen LogP contribution in [0.4, 0.5) is 0 Å². The average molecular weight is 468 g/mol. The van der Waals surface area contributed by atoms with Crippen LogP contribution in [0.1, 0.15) is 12.8 Å². The molecule has 1 N–H and O–H groups in total. The fourth-order valence-electron chi connectivity index (χ4n) is 3.91. The normalized spacial score (nSPS) is 16.6. The summed E-state index contributed by atoms with van der Waals surface area (Å²) in [6, 6.07) is 20.2. The number of sulfonamides is 1. The van der Waals surface area contributed by atoms with Crippen LogP contribution in [0.5, 0.6) is 11.5 Å². The summed E-state index contributed by atoms with van der Waals surface area (Å²) in [5.74, 6) is 1.47. The van der Waals surface area contributed by atoms with Crippen molar-refractivity contribution in [2.24, 2.45) is 0 Å². The van der Waals surface area contributed by atoms with Crippen molar-refractivity contribution in [1.82, 2.24) is 14.6 Å². The molecule has 1 aromatic heterocycles. The smallest absolute Gasteiger partial charge is 0.240 e. The Morgan fingerprint density at radius 2 is 1.79 bits per heavy atom. The molecule has 1 fully saturated rings. The van der Waals surface area contributed by atoms with Crippen molar-refractivity contribution in [3.63, 3.8) is 0 Å². The van der Waals surface area contributed by atoms with Crippen LogP contribution in [0.3, 0.4) is 0 Å². The van der Waals surface area contributed by atoms with Gasteiger partial charge in [0.25, 0.3) is 0 Å². The van der Waals surface area contributed by atoms with Crippen molar-refractivity contribution >= 4 is 10.0 Å². The molecule has 0 saturated carbocycles. The molecular weight excluding hydrogens is 438 g/mol. The number of hydrogen-bond donors (Lipinski definition) is 1. The summed E-state index contributed by atoms with van der Waals surface area (Å²) in [6.45, 7) is 3.05. The number of likely N-dealkylation sites (tertiary alicyclic amines) is 1. The second kappa shape index (κ2) is 10.8. The Morgan fingerprint density at radius 1 is 1.03 bits per heavy atom. The first kappa shape index (κ1) is 23.2. The Labute approximate surface area is 195 Å². The maximum Gasteiger partial charge on any atom is 0.240 e. The minimum atomic E-state index is -3.54. The van der Waals surface area contributed by atoms with E-state index in [9.17, 15) is 8.42 Å². The van der Waals surface area contributed by atoms with Gasteiger partial charge in [-0.25, -0.2) is 13.1 Å². The van der Waals surface area contributed by atoms with E-state index >= 15 is 0 Å². The zero-order valence-corrected chi connectivity index (χ0v) is 19.5. The van der Waals surface area contributed by atoms with E-state index in [1.807, 2.05) is 42.5 Å². The van der Waals surface area contributed by atoms with Gasteiger partial charge in [-0.05, 0) is 80.1 Å². The second-order valence-electron chi connectivity index (χ2n) is 8.02. The highest BCUT2D eigenvalue weighted by molar-refractivity contribution is 7.89. The topological polar surface area (TPSA) is 80.8 Å². The van der Waals surface area contributed by atoms with Crippen molar-refractivity contribution in [1.29, 1.82) is 0 Å². The molecule has 1 saturated heterocycles. The van der Waals surface area contributed by atoms with Crippen molar-refractivity contribution in [3.05, 3.63) is 72.9 Å². The fraction of sp³-hybridized carbons (Fsp3) is 0.320. The van der Waals surface area contributed by atoms with Crippen molar-refractivity contribution in [2.75, 3.05) is 33.4 Å². The summed E-state index contributed by atoms with van der Waals surface area (Å²) in [6.07, 6.45) is 3.46. The van der Waals surface area contributed by atoms with Crippen molar-refractivity contribution in [3.8, 4) is 22.8 Å². The number of nitrogens with zero attached hydrogens (tertiary/aromatic N) is 2. The van der Waals surface area contributed by atoms with E-state index in [2.05, 4.69) is 14.6 Å². The largest absolute Gasteiger partial charge is 0.497 e. The monoisotopic (exact) mass is 467 g/mol. The lowest BCUT2D eigenvalue weighted by molar-refractivity contribution is 0.261. The molecule has 174 valence electrons. The highest BCUT2D eigenvalue weighted by atomic mass is 32.2. The quantitative estimate of drug-likeness (QED) is 0.459. The third-order valence-corrected chi connectivity index (χ3v) is 7.20. The van der Waals surface area contributed by atoms with Gasteiger partial charge in [0, 0.05) is 30.9 Å². The third kappa shape index (κ3) is 6.31. The fourth-order valence-corrected chi connectivity index (χ4v) is 5.17. The number of nitrogens with one attached hydrogen (secondary N) is 1. The van der Waals surface area contributed by atoms with Crippen LogP contribution in [0.15, 0.2) is 77.8 Å². The average Bonchev–Trinajstić information content (AvgIpc) is 3.29. The zero-order valence-electron chi connectivity index (χ0n) is 18.7. The lowest BCUT2D eigenvalue weighted by Crippen LogP contribution is -2.37. The molecule has 7 nitrogen and oxygen atoms in total. The van der Waals surface area contributed by atoms with E-state index in [-0.39, 0.29) is 10.9 Å². The number of pyridine rings is 1. The van der Waals surface area contributed by atoms with Crippen molar-refractivity contribution in [2.45, 2.75) is 23.8 Å². The molecule has 1 atom stereocenters. The number of aromatic nitrogens is 1. The second-order valence-corrected chi connectivity index (χ2v) is 9.74. The predicted molar refractivity (Wildman–Crippen MR) is 128 cm³/mol. The lowest BCUT2D eigenvalue weighted by Gasteiger charge is -2.17. The molecule has 8 heteroatoms. The van der Waals surface area contributed by atoms with E-state index < -0.39 is 10.0 Å². The maximum atomic E-state index is 12.6. The predicted octanol–water partition coefficient (Wildman–Crippen LogP) is 3.58. The summed E-state index contributed by atoms with van der Waals surface area (Å²) in [4.78, 5) is 6.88. The Hall–Kier alpha value is -2.94. The molecule has 1 aliphatic rings. The summed E-state index contributed by atoms with van der Waals surface area (Å²) >= 11 is 0. The van der Waals surface area contributed by atoms with Gasteiger partial charge >= 0.3 is 0 Å². The summed E-state index contributed by atoms with van der Waals surface area (Å²) < 4.78 is 39.1. The number of rotatable bonds is 10. The van der Waals surface area contributed by atoms with Crippen molar-refractivity contribution < 1.29 is 17.9 Å². The van der Waals surface area contributed by atoms with Crippen LogP contribution >= 0.6 is 0 Å². The Kier molecular flexibility index (Phi) is 7.59. The van der Waals surface area contributed by atoms with Crippen LogP contribution in [0.25, 0.3) is 11.3 Å². The van der Waals surface area contributed by atoms with Gasteiger partial charge in [-0.2, -0.15) is 0 Å². The van der Waals surface area contributed by atoms with Gasteiger partial charge in [-0.15, -0.1) is 0 Å². The SMILES string of the molecule is COc1ccc(S(=O)(=O)N[C@@H]2CCN(CCCOc3ccc(-c4ccccn4)cc3)C2)cc1. The number of benzene rings is 2. The van der Waals surface area contributed by atoms with Gasteiger partial charge < -0.3 is 14.4 Å². The molecule has 3 aromatic rings. The lowest BCUT2D eigenvalue weighted by atomic mass is 10.1. The van der Waals surface area contributed by atoms with Crippen LogP contribution in [0.2, 0.25) is 0 Å². The molecule has 0 unspecified atom stereocenters. The minimum Gasteiger partial charge on any atom is -0.497 e. The number of ether oxygens (including phenoxy) is 2. The first-order chi connectivity index (χ1) is 16.0. The Morgan fingerprint density at radius 3 is 2.48 bits per heavy atom. The molecule has 4 rings (SSSR count). The first-order valence-electron chi connectivity index (χ1n) is 11.1. The van der Waals surface area contributed by atoms with Gasteiger partial charge in [0.15, 0.2) is 0 Å². The molecule has 2 aromatic carbocycles. The zero-order chi connectivity index (χ0) is 23.1. The van der Waals surface area contributed by atoms with E-state index in [4.69, 9.17) is 9.47 Å². The molecule has 0 aliphatic carbocycles. The standard InChI is InChI=1S/C25H29N3O4S/c1-31-22-10-12-24(13-11-22)33(29,30)27-21-14-17-28(19-21)16-4-18-32-23-8-6-20(7-9-23)25-5-2-3-15-26-25/h2-3,5-13,15,21,27H,4,14,16-19H2,1H3/t21-/m1/s1. The van der Waals surface area contributed by atoms with E-state index in [0.29, 0.717) is 18.9 Å². The van der Waals surface area contributed by atoms with Crippen LogP contribution in [-0.2, 0) is 10.0 Å². The number of methoxy groups -OCH3 is 1. The Bertz CT molecular complexity index is 1120. The number of hydrogen-bond acceptors (Lipinski definition) is 6. The van der Waals surface area contributed by atoms with Gasteiger partial charge in [-0.3, -0.25) is 4.98 Å². The molecule has 0 radical (unpaired) electrons. The molecule has 0 bridgehead atoms.